The van der Waals surface area contributed by atoms with Crippen LogP contribution >= 0.6 is 12.2 Å². The maximum atomic E-state index is 12.5. The monoisotopic (exact) mass is 367 g/mol. The van der Waals surface area contributed by atoms with E-state index in [9.17, 15) is 4.79 Å². The van der Waals surface area contributed by atoms with E-state index in [1.165, 1.54) is 12.0 Å². The molecule has 0 aliphatic carbocycles. The van der Waals surface area contributed by atoms with E-state index in [-0.39, 0.29) is 11.9 Å². The number of nitrogens with one attached hydrogen (secondary N) is 2. The Morgan fingerprint density at radius 3 is 2.31 bits per heavy atom. The van der Waals surface area contributed by atoms with Gasteiger partial charge in [0, 0.05) is 24.3 Å². The van der Waals surface area contributed by atoms with E-state index in [1.807, 2.05) is 47.4 Å². The number of thiocarbonyl (C=S) groups is 1. The molecule has 1 fully saturated rings. The molecular weight excluding hydrogens is 342 g/mol. The van der Waals surface area contributed by atoms with Crippen molar-refractivity contribution in [2.24, 2.45) is 0 Å². The third-order valence-corrected chi connectivity index (χ3v) is 4.90. The van der Waals surface area contributed by atoms with Crippen molar-refractivity contribution < 1.29 is 4.79 Å². The van der Waals surface area contributed by atoms with Crippen molar-refractivity contribution in [3.8, 4) is 0 Å². The largest absolute Gasteiger partial charge is 0.356 e. The average molecular weight is 368 g/mol. The van der Waals surface area contributed by atoms with Crippen molar-refractivity contribution >= 4 is 28.9 Å². The molecule has 1 aliphatic rings. The summed E-state index contributed by atoms with van der Waals surface area (Å²) in [5.41, 5.74) is 2.78. The lowest BCUT2D eigenvalue weighted by molar-refractivity contribution is 0.0724. The van der Waals surface area contributed by atoms with Gasteiger partial charge in [-0.2, -0.15) is 0 Å². The van der Waals surface area contributed by atoms with E-state index in [4.69, 9.17) is 12.2 Å². The van der Waals surface area contributed by atoms with Crippen molar-refractivity contribution in [3.63, 3.8) is 0 Å². The summed E-state index contributed by atoms with van der Waals surface area (Å²) < 4.78 is 0. The Morgan fingerprint density at radius 2 is 1.65 bits per heavy atom. The Balaban J connectivity index is 1.55. The number of carbonyl (C=O) groups excluding carboxylic acids is 1. The number of rotatable bonds is 4. The molecule has 4 nitrogen and oxygen atoms in total. The smallest absolute Gasteiger partial charge is 0.253 e. The Morgan fingerprint density at radius 1 is 1.00 bits per heavy atom. The molecule has 1 saturated heterocycles. The van der Waals surface area contributed by atoms with Crippen LogP contribution in [0.2, 0.25) is 0 Å². The average Bonchev–Trinajstić information content (AvgIpc) is 2.69. The molecule has 0 saturated carbocycles. The van der Waals surface area contributed by atoms with E-state index < -0.39 is 0 Å². The summed E-state index contributed by atoms with van der Waals surface area (Å²) in [6, 6.07) is 17.8. The number of anilines is 1. The van der Waals surface area contributed by atoms with Gasteiger partial charge in [-0.15, -0.1) is 0 Å². The minimum absolute atomic E-state index is 0.120. The number of hydrogen-bond acceptors (Lipinski definition) is 2. The number of piperidine rings is 1. The summed E-state index contributed by atoms with van der Waals surface area (Å²) in [5, 5.41) is 7.03. The van der Waals surface area contributed by atoms with Crippen LogP contribution in [0.5, 0.6) is 0 Å². The normalized spacial score (nSPS) is 15.2. The summed E-state index contributed by atoms with van der Waals surface area (Å²) in [6.45, 7) is 3.80. The predicted molar refractivity (Wildman–Crippen MR) is 110 cm³/mol. The zero-order valence-electron chi connectivity index (χ0n) is 15.1. The highest BCUT2D eigenvalue weighted by atomic mass is 32.1. The van der Waals surface area contributed by atoms with Gasteiger partial charge in [0.2, 0.25) is 0 Å². The van der Waals surface area contributed by atoms with E-state index in [2.05, 4.69) is 29.7 Å². The van der Waals surface area contributed by atoms with Crippen molar-refractivity contribution in [2.75, 3.05) is 18.4 Å². The van der Waals surface area contributed by atoms with Gasteiger partial charge >= 0.3 is 0 Å². The van der Waals surface area contributed by atoms with Crippen molar-refractivity contribution in [1.82, 2.24) is 10.2 Å². The molecule has 1 atom stereocenters. The first kappa shape index (κ1) is 18.4. The Hall–Kier alpha value is -2.40. The highest BCUT2D eigenvalue weighted by molar-refractivity contribution is 7.80. The second kappa shape index (κ2) is 8.81. The highest BCUT2D eigenvalue weighted by Crippen LogP contribution is 2.16. The second-order valence-electron chi connectivity index (χ2n) is 6.66. The third-order valence-electron chi connectivity index (χ3n) is 4.68. The zero-order valence-corrected chi connectivity index (χ0v) is 15.9. The molecule has 2 aromatic rings. The van der Waals surface area contributed by atoms with Crippen LogP contribution in [0.25, 0.3) is 0 Å². The lowest BCUT2D eigenvalue weighted by atomic mass is 10.1. The number of carbonyl (C=O) groups is 1. The van der Waals surface area contributed by atoms with Crippen molar-refractivity contribution in [3.05, 3.63) is 65.7 Å². The Labute approximate surface area is 160 Å². The first-order chi connectivity index (χ1) is 12.6. The summed E-state index contributed by atoms with van der Waals surface area (Å²) >= 11 is 5.40. The molecule has 0 spiro atoms. The Kier molecular flexibility index (Phi) is 6.23. The van der Waals surface area contributed by atoms with E-state index in [1.54, 1.807) is 0 Å². The van der Waals surface area contributed by atoms with Gasteiger partial charge in [0.05, 0.1) is 6.04 Å². The quantitative estimate of drug-likeness (QED) is 0.788. The molecule has 2 aromatic carbocycles. The van der Waals surface area contributed by atoms with Gasteiger partial charge in [-0.05, 0) is 68.2 Å². The van der Waals surface area contributed by atoms with Crippen LogP contribution in [0, 0.1) is 0 Å². The summed E-state index contributed by atoms with van der Waals surface area (Å²) in [6.07, 6.45) is 3.42. The zero-order chi connectivity index (χ0) is 18.4. The fraction of sp³-hybridized carbons (Fsp3) is 0.333. The van der Waals surface area contributed by atoms with Crippen LogP contribution in [0.3, 0.4) is 0 Å². The molecule has 1 amide bonds. The number of hydrogen-bond donors (Lipinski definition) is 2. The molecule has 1 aliphatic heterocycles. The fourth-order valence-corrected chi connectivity index (χ4v) is 3.46. The van der Waals surface area contributed by atoms with Gasteiger partial charge in [0.15, 0.2) is 5.11 Å². The fourth-order valence-electron chi connectivity index (χ4n) is 3.16. The van der Waals surface area contributed by atoms with Crippen LogP contribution in [0.15, 0.2) is 54.6 Å². The highest BCUT2D eigenvalue weighted by Gasteiger charge is 2.17. The molecule has 5 heteroatoms. The van der Waals surface area contributed by atoms with Crippen molar-refractivity contribution in [1.29, 1.82) is 0 Å². The van der Waals surface area contributed by atoms with E-state index >= 15 is 0 Å². The molecule has 136 valence electrons. The lowest BCUT2D eigenvalue weighted by Crippen LogP contribution is -2.35. The van der Waals surface area contributed by atoms with Gasteiger partial charge in [0.25, 0.3) is 5.91 Å². The van der Waals surface area contributed by atoms with E-state index in [0.717, 1.165) is 37.2 Å². The van der Waals surface area contributed by atoms with E-state index in [0.29, 0.717) is 5.11 Å². The molecule has 3 rings (SSSR count). The van der Waals surface area contributed by atoms with Crippen molar-refractivity contribution in [2.45, 2.75) is 32.2 Å². The number of benzene rings is 2. The van der Waals surface area contributed by atoms with Crippen LogP contribution in [-0.4, -0.2) is 29.0 Å². The molecule has 2 N–H and O–H groups in total. The number of nitrogens with zero attached hydrogens (tertiary/aromatic N) is 1. The standard InChI is InChI=1S/C21H25N3OS/c1-16(17-8-4-2-5-9-17)22-21(26)23-19-12-10-18(11-13-19)20(25)24-14-6-3-7-15-24/h2,4-5,8-13,16H,3,6-7,14-15H2,1H3,(H2,22,23,26)/t16-/m1/s1. The molecule has 0 bridgehead atoms. The topological polar surface area (TPSA) is 44.4 Å². The summed E-state index contributed by atoms with van der Waals surface area (Å²) in [7, 11) is 0. The van der Waals surface area contributed by atoms with Crippen LogP contribution < -0.4 is 10.6 Å². The van der Waals surface area contributed by atoms with Crippen LogP contribution in [0.4, 0.5) is 5.69 Å². The summed E-state index contributed by atoms with van der Waals surface area (Å²) in [4.78, 5) is 14.4. The molecule has 1 heterocycles. The SMILES string of the molecule is C[C@@H](NC(=S)Nc1ccc(C(=O)N2CCCCC2)cc1)c1ccccc1. The molecule has 26 heavy (non-hydrogen) atoms. The molecule has 0 aromatic heterocycles. The van der Waals surface area contributed by atoms with Crippen LogP contribution in [-0.2, 0) is 0 Å². The summed E-state index contributed by atoms with van der Waals surface area (Å²) in [5.74, 6) is 0.120. The Bertz CT molecular complexity index is 740. The molecular formula is C21H25N3OS. The first-order valence-electron chi connectivity index (χ1n) is 9.15. The third kappa shape index (κ3) is 4.82. The van der Waals surface area contributed by atoms with Gasteiger partial charge in [0.1, 0.15) is 0 Å². The number of likely N-dealkylation sites (tertiary alicyclic amines) is 1. The van der Waals surface area contributed by atoms with Gasteiger partial charge in [-0.1, -0.05) is 30.3 Å². The first-order valence-corrected chi connectivity index (χ1v) is 9.56. The maximum absolute atomic E-state index is 12.5. The van der Waals surface area contributed by atoms with Gasteiger partial charge < -0.3 is 15.5 Å². The minimum atomic E-state index is 0.120. The second-order valence-corrected chi connectivity index (χ2v) is 7.07. The number of amides is 1. The molecule has 0 unspecified atom stereocenters. The predicted octanol–water partition coefficient (Wildman–Crippen LogP) is 4.36. The lowest BCUT2D eigenvalue weighted by Gasteiger charge is -2.26. The van der Waals surface area contributed by atoms with Gasteiger partial charge in [-0.25, -0.2) is 0 Å². The maximum Gasteiger partial charge on any atom is 0.253 e. The minimum Gasteiger partial charge on any atom is -0.356 e. The van der Waals surface area contributed by atoms with Gasteiger partial charge in [-0.3, -0.25) is 4.79 Å². The molecule has 0 radical (unpaired) electrons. The van der Waals surface area contributed by atoms with Crippen LogP contribution in [0.1, 0.15) is 48.1 Å².